The van der Waals surface area contributed by atoms with E-state index in [-0.39, 0.29) is 5.02 Å². The number of rotatable bonds is 2. The molecule has 0 aliphatic carbocycles. The fourth-order valence-corrected chi connectivity index (χ4v) is 3.32. The van der Waals surface area contributed by atoms with E-state index in [0.29, 0.717) is 16.1 Å². The maximum atomic E-state index is 6.70. The Hall–Kier alpha value is 0.180. The van der Waals surface area contributed by atoms with Crippen LogP contribution in [0.4, 0.5) is 0 Å². The van der Waals surface area contributed by atoms with E-state index in [9.17, 15) is 0 Å². The number of halogens is 6. The summed E-state index contributed by atoms with van der Waals surface area (Å²) in [6.07, 6.45) is 0. The molecule has 0 aliphatic rings. The van der Waals surface area contributed by atoms with Gasteiger partial charge in [0.05, 0.1) is 10.0 Å². The van der Waals surface area contributed by atoms with E-state index in [1.54, 1.807) is 42.5 Å². The Morgan fingerprint density at radius 1 is 0.700 bits per heavy atom. The zero-order valence-electron chi connectivity index (χ0n) is 9.89. The van der Waals surface area contributed by atoms with Gasteiger partial charge in [-0.1, -0.05) is 100 Å². The zero-order valence-corrected chi connectivity index (χ0v) is 14.4. The van der Waals surface area contributed by atoms with E-state index < -0.39 is 8.67 Å². The van der Waals surface area contributed by atoms with Crippen molar-refractivity contribution in [3.8, 4) is 0 Å². The lowest BCUT2D eigenvalue weighted by atomic mass is 9.91. The monoisotopic (exact) mass is 386 g/mol. The second-order valence-electron chi connectivity index (χ2n) is 4.12. The minimum absolute atomic E-state index is 0.263. The molecule has 0 heterocycles. The van der Waals surface area contributed by atoms with Crippen LogP contribution in [-0.2, 0) is 4.87 Å². The molecular formula is C14H8Cl6. The summed E-state index contributed by atoms with van der Waals surface area (Å²) in [4.78, 5) is -1.44. The second-order valence-corrected chi connectivity index (χ2v) is 7.76. The molecule has 106 valence electrons. The molecule has 2 aromatic carbocycles. The van der Waals surface area contributed by atoms with Gasteiger partial charge in [-0.15, -0.1) is 11.6 Å². The quantitative estimate of drug-likeness (QED) is 0.493. The topological polar surface area (TPSA) is 0 Å². The van der Waals surface area contributed by atoms with Crippen molar-refractivity contribution >= 4 is 69.6 Å². The molecule has 0 aromatic heterocycles. The maximum Gasteiger partial charge on any atom is 0.217 e. The Morgan fingerprint density at radius 2 is 1.30 bits per heavy atom. The van der Waals surface area contributed by atoms with E-state index in [2.05, 4.69) is 0 Å². The van der Waals surface area contributed by atoms with Gasteiger partial charge >= 0.3 is 0 Å². The molecule has 1 unspecified atom stereocenters. The molecule has 0 saturated carbocycles. The van der Waals surface area contributed by atoms with E-state index in [4.69, 9.17) is 69.6 Å². The Balaban J connectivity index is 2.75. The molecule has 0 N–H and O–H groups in total. The van der Waals surface area contributed by atoms with Crippen LogP contribution in [0.3, 0.4) is 0 Å². The lowest BCUT2D eigenvalue weighted by Gasteiger charge is -2.35. The molecule has 2 rings (SSSR count). The van der Waals surface area contributed by atoms with Crippen molar-refractivity contribution in [3.63, 3.8) is 0 Å². The fraction of sp³-hybridized carbons (Fsp3) is 0.143. The van der Waals surface area contributed by atoms with Gasteiger partial charge in [-0.2, -0.15) is 0 Å². The van der Waals surface area contributed by atoms with E-state index >= 15 is 0 Å². The van der Waals surface area contributed by atoms with Gasteiger partial charge in [0.15, 0.2) is 0 Å². The average molecular weight is 389 g/mol. The van der Waals surface area contributed by atoms with Crippen molar-refractivity contribution in [1.29, 1.82) is 0 Å². The first kappa shape index (κ1) is 16.5. The third kappa shape index (κ3) is 2.88. The summed E-state index contributed by atoms with van der Waals surface area (Å²) in [5.74, 6) is 0. The van der Waals surface area contributed by atoms with Crippen LogP contribution in [0.2, 0.25) is 10.0 Å². The molecule has 0 nitrogen and oxygen atoms in total. The Labute approximate surface area is 147 Å². The Kier molecular flexibility index (Phi) is 5.07. The molecule has 0 spiro atoms. The highest BCUT2D eigenvalue weighted by Gasteiger charge is 2.51. The summed E-state index contributed by atoms with van der Waals surface area (Å²) >= 11 is 37.4. The van der Waals surface area contributed by atoms with Gasteiger partial charge in [-0.25, -0.2) is 0 Å². The molecule has 0 fully saturated rings. The van der Waals surface area contributed by atoms with Gasteiger partial charge in [0.25, 0.3) is 0 Å². The van der Waals surface area contributed by atoms with Crippen LogP contribution < -0.4 is 0 Å². The van der Waals surface area contributed by atoms with Crippen LogP contribution in [-0.4, -0.2) is 3.79 Å². The summed E-state index contributed by atoms with van der Waals surface area (Å²) in [6, 6.07) is 14.0. The second kappa shape index (κ2) is 6.12. The SMILES string of the molecule is Clc1cccc(C(Cl)(c2ccccc2)C(Cl)(Cl)Cl)c1Cl. The third-order valence-electron chi connectivity index (χ3n) is 2.88. The number of alkyl halides is 4. The highest BCUT2D eigenvalue weighted by atomic mass is 35.6. The van der Waals surface area contributed by atoms with Crippen LogP contribution in [0.15, 0.2) is 48.5 Å². The van der Waals surface area contributed by atoms with Crippen molar-refractivity contribution < 1.29 is 0 Å². The number of hydrogen-bond donors (Lipinski definition) is 0. The third-order valence-corrected chi connectivity index (χ3v) is 5.55. The van der Waals surface area contributed by atoms with Gasteiger partial charge in [-0.05, 0) is 11.6 Å². The van der Waals surface area contributed by atoms with Crippen molar-refractivity contribution in [1.82, 2.24) is 0 Å². The molecule has 0 bridgehead atoms. The maximum absolute atomic E-state index is 6.70. The smallest absolute Gasteiger partial charge is 0.104 e. The summed E-state index contributed by atoms with van der Waals surface area (Å²) in [7, 11) is 0. The molecule has 1 atom stereocenters. The van der Waals surface area contributed by atoms with E-state index in [1.807, 2.05) is 6.07 Å². The van der Waals surface area contributed by atoms with Gasteiger partial charge < -0.3 is 0 Å². The minimum atomic E-state index is -1.82. The van der Waals surface area contributed by atoms with Crippen LogP contribution in [0.25, 0.3) is 0 Å². The number of hydrogen-bond acceptors (Lipinski definition) is 0. The zero-order chi connectivity index (χ0) is 15.0. The molecule has 0 radical (unpaired) electrons. The van der Waals surface area contributed by atoms with Gasteiger partial charge in [-0.3, -0.25) is 0 Å². The molecular weight excluding hydrogens is 381 g/mol. The van der Waals surface area contributed by atoms with Gasteiger partial charge in [0.1, 0.15) is 4.87 Å². The van der Waals surface area contributed by atoms with Gasteiger partial charge in [0.2, 0.25) is 3.79 Å². The summed E-state index contributed by atoms with van der Waals surface area (Å²) < 4.78 is -1.82. The number of benzene rings is 2. The highest BCUT2D eigenvalue weighted by molar-refractivity contribution is 6.71. The standard InChI is InChI=1S/C14H8Cl6/c15-11-8-4-7-10(12(11)16)13(17,14(18,19)20)9-5-2-1-3-6-9/h1-8H. The molecule has 2 aromatic rings. The Morgan fingerprint density at radius 3 is 1.85 bits per heavy atom. The Bertz CT molecular complexity index is 605. The van der Waals surface area contributed by atoms with Crippen molar-refractivity contribution in [2.24, 2.45) is 0 Å². The van der Waals surface area contributed by atoms with E-state index in [1.165, 1.54) is 0 Å². The van der Waals surface area contributed by atoms with Gasteiger partial charge in [0, 0.05) is 5.56 Å². The lowest BCUT2D eigenvalue weighted by Crippen LogP contribution is -2.36. The van der Waals surface area contributed by atoms with Crippen molar-refractivity contribution in [3.05, 3.63) is 69.7 Å². The fourth-order valence-electron chi connectivity index (χ4n) is 1.91. The molecule has 20 heavy (non-hydrogen) atoms. The summed E-state index contributed by atoms with van der Waals surface area (Å²) in [6.45, 7) is 0. The molecule has 0 aliphatic heterocycles. The first-order chi connectivity index (χ1) is 9.28. The summed E-state index contributed by atoms with van der Waals surface area (Å²) in [5, 5.41) is 0.610. The van der Waals surface area contributed by atoms with E-state index in [0.717, 1.165) is 0 Å². The lowest BCUT2D eigenvalue weighted by molar-refractivity contribution is 0.748. The predicted octanol–water partition coefficient (Wildman–Crippen LogP) is 6.85. The minimum Gasteiger partial charge on any atom is -0.104 e. The predicted molar refractivity (Wildman–Crippen MR) is 89.8 cm³/mol. The first-order valence-electron chi connectivity index (χ1n) is 5.54. The largest absolute Gasteiger partial charge is 0.217 e. The van der Waals surface area contributed by atoms with Crippen molar-refractivity contribution in [2.45, 2.75) is 8.67 Å². The van der Waals surface area contributed by atoms with Crippen LogP contribution in [0.5, 0.6) is 0 Å². The molecule has 6 heteroatoms. The summed E-state index contributed by atoms with van der Waals surface area (Å²) in [5.41, 5.74) is 1.06. The molecule has 0 amide bonds. The van der Waals surface area contributed by atoms with Crippen LogP contribution >= 0.6 is 69.6 Å². The molecule has 0 saturated heterocycles. The van der Waals surface area contributed by atoms with Crippen LogP contribution in [0.1, 0.15) is 11.1 Å². The first-order valence-corrected chi connectivity index (χ1v) is 7.81. The highest BCUT2D eigenvalue weighted by Crippen LogP contribution is 2.56. The normalized spacial score (nSPS) is 14.9. The van der Waals surface area contributed by atoms with Crippen LogP contribution in [0, 0.1) is 0 Å². The van der Waals surface area contributed by atoms with Crippen molar-refractivity contribution in [2.75, 3.05) is 0 Å². The average Bonchev–Trinajstić information content (AvgIpc) is 2.41.